The van der Waals surface area contributed by atoms with E-state index in [0.29, 0.717) is 22.5 Å². The minimum atomic E-state index is -0.725. The van der Waals surface area contributed by atoms with Crippen molar-refractivity contribution in [2.24, 2.45) is 0 Å². The van der Waals surface area contributed by atoms with Crippen molar-refractivity contribution in [3.8, 4) is 5.75 Å². The number of halogens is 1. The van der Waals surface area contributed by atoms with Crippen LogP contribution < -0.4 is 21.2 Å². The number of aromatic nitrogens is 2. The Morgan fingerprint density at radius 1 is 1.27 bits per heavy atom. The molecule has 1 aromatic heterocycles. The molecular weight excluding hydrogens is 402 g/mol. The smallest absolute Gasteiger partial charge is 0.317 e. The molecule has 1 atom stereocenters. The lowest BCUT2D eigenvalue weighted by Gasteiger charge is -2.27. The molecule has 26 heavy (non-hydrogen) atoms. The van der Waals surface area contributed by atoms with Crippen molar-refractivity contribution in [1.29, 1.82) is 0 Å². The van der Waals surface area contributed by atoms with Crippen LogP contribution in [0.5, 0.6) is 5.75 Å². The molecule has 0 saturated carbocycles. The van der Waals surface area contributed by atoms with Gasteiger partial charge in [-0.2, -0.15) is 0 Å². The second-order valence-electron chi connectivity index (χ2n) is 6.01. The first-order valence-electron chi connectivity index (χ1n) is 7.99. The van der Waals surface area contributed by atoms with E-state index in [1.54, 1.807) is 24.3 Å². The zero-order valence-corrected chi connectivity index (χ0v) is 15.1. The number of hydrogen-bond donors (Lipinski definition) is 2. The molecule has 132 valence electrons. The Kier molecular flexibility index (Phi) is 4.12. The highest BCUT2D eigenvalue weighted by Crippen LogP contribution is 2.33. The predicted molar refractivity (Wildman–Crippen MR) is 101 cm³/mol. The topological polar surface area (TPSA) is 93.2 Å². The van der Waals surface area contributed by atoms with Crippen LogP contribution in [-0.2, 0) is 4.79 Å². The Hall–Kier alpha value is -2.87. The fraction of sp³-hybridized carbons (Fsp3) is 0.167. The summed E-state index contributed by atoms with van der Waals surface area (Å²) in [7, 11) is 0. The van der Waals surface area contributed by atoms with Crippen LogP contribution in [0.25, 0.3) is 11.0 Å². The van der Waals surface area contributed by atoms with E-state index in [1.807, 2.05) is 18.2 Å². The second kappa shape index (κ2) is 6.45. The first kappa shape index (κ1) is 16.6. The third-order valence-electron chi connectivity index (χ3n) is 4.22. The molecule has 1 amide bonds. The van der Waals surface area contributed by atoms with Gasteiger partial charge in [0.15, 0.2) is 0 Å². The van der Waals surface area contributed by atoms with Gasteiger partial charge < -0.3 is 15.0 Å². The number of amides is 1. The quantitative estimate of drug-likeness (QED) is 0.642. The predicted octanol–water partition coefficient (Wildman–Crippen LogP) is 2.41. The summed E-state index contributed by atoms with van der Waals surface area (Å²) in [6.45, 7) is 0.129. The molecule has 0 spiro atoms. The van der Waals surface area contributed by atoms with Gasteiger partial charge in [0.1, 0.15) is 17.9 Å². The number of nitrogens with one attached hydrogen (secondary N) is 2. The van der Waals surface area contributed by atoms with Gasteiger partial charge in [0.2, 0.25) is 5.91 Å². The molecule has 0 aliphatic carbocycles. The number of carbonyl (C=O) groups excluding carboxylic acids is 1. The van der Waals surface area contributed by atoms with Crippen molar-refractivity contribution in [2.45, 2.75) is 12.5 Å². The molecular formula is C18H14BrN3O4. The van der Waals surface area contributed by atoms with E-state index in [2.05, 4.69) is 26.2 Å². The number of para-hydroxylation sites is 1. The van der Waals surface area contributed by atoms with Gasteiger partial charge in [-0.15, -0.1) is 0 Å². The first-order chi connectivity index (χ1) is 12.5. The highest BCUT2D eigenvalue weighted by Gasteiger charge is 2.27. The number of rotatable bonds is 3. The SMILES string of the molecule is O=C(CC1COc2cc(Br)cc3[nH]c(=O)c(=O)n1c23)Nc1ccccc1. The number of hydrogen-bond acceptors (Lipinski definition) is 4. The third kappa shape index (κ3) is 2.92. The fourth-order valence-corrected chi connectivity index (χ4v) is 3.56. The summed E-state index contributed by atoms with van der Waals surface area (Å²) >= 11 is 3.35. The molecule has 8 heteroatoms. The summed E-state index contributed by atoms with van der Waals surface area (Å²) in [5, 5.41) is 2.79. The van der Waals surface area contributed by atoms with E-state index in [9.17, 15) is 14.4 Å². The maximum atomic E-state index is 12.5. The summed E-state index contributed by atoms with van der Waals surface area (Å²) in [6, 6.07) is 11.9. The summed E-state index contributed by atoms with van der Waals surface area (Å²) < 4.78 is 7.83. The number of nitrogens with zero attached hydrogens (tertiary/aromatic N) is 1. The van der Waals surface area contributed by atoms with Gasteiger partial charge in [-0.1, -0.05) is 34.1 Å². The Morgan fingerprint density at radius 2 is 2.04 bits per heavy atom. The maximum absolute atomic E-state index is 12.5. The Labute approximate surface area is 155 Å². The molecule has 0 radical (unpaired) electrons. The van der Waals surface area contributed by atoms with Crippen LogP contribution in [0, 0.1) is 0 Å². The van der Waals surface area contributed by atoms with E-state index in [1.165, 1.54) is 4.57 Å². The minimum absolute atomic E-state index is 0.0167. The number of benzene rings is 2. The molecule has 1 aliphatic heterocycles. The van der Waals surface area contributed by atoms with Crippen LogP contribution in [0.3, 0.4) is 0 Å². The number of ether oxygens (including phenoxy) is 1. The summed E-state index contributed by atoms with van der Waals surface area (Å²) in [6.07, 6.45) is 0.0167. The summed E-state index contributed by atoms with van der Waals surface area (Å²) in [5.74, 6) is 0.230. The Balaban J connectivity index is 1.73. The lowest BCUT2D eigenvalue weighted by Crippen LogP contribution is -2.42. The Bertz CT molecular complexity index is 1120. The molecule has 7 nitrogen and oxygen atoms in total. The zero-order valence-electron chi connectivity index (χ0n) is 13.5. The van der Waals surface area contributed by atoms with Crippen LogP contribution >= 0.6 is 15.9 Å². The number of carbonyl (C=O) groups is 1. The van der Waals surface area contributed by atoms with Crippen LogP contribution in [0.15, 0.2) is 56.5 Å². The molecule has 2 heterocycles. The van der Waals surface area contributed by atoms with Gasteiger partial charge in [0, 0.05) is 10.2 Å². The van der Waals surface area contributed by atoms with Crippen molar-refractivity contribution >= 4 is 38.6 Å². The molecule has 0 fully saturated rings. The van der Waals surface area contributed by atoms with E-state index in [0.717, 1.165) is 4.47 Å². The molecule has 1 aliphatic rings. The van der Waals surface area contributed by atoms with E-state index >= 15 is 0 Å². The van der Waals surface area contributed by atoms with E-state index in [4.69, 9.17) is 4.74 Å². The van der Waals surface area contributed by atoms with E-state index in [-0.39, 0.29) is 18.9 Å². The van der Waals surface area contributed by atoms with Crippen LogP contribution in [0.4, 0.5) is 5.69 Å². The third-order valence-corrected chi connectivity index (χ3v) is 4.67. The van der Waals surface area contributed by atoms with Gasteiger partial charge >= 0.3 is 11.1 Å². The Morgan fingerprint density at radius 3 is 2.81 bits per heavy atom. The van der Waals surface area contributed by atoms with E-state index < -0.39 is 17.2 Å². The molecule has 2 N–H and O–H groups in total. The lowest BCUT2D eigenvalue weighted by molar-refractivity contribution is -0.117. The second-order valence-corrected chi connectivity index (χ2v) is 6.93. The maximum Gasteiger partial charge on any atom is 0.317 e. The van der Waals surface area contributed by atoms with Crippen molar-refractivity contribution in [2.75, 3.05) is 11.9 Å². The number of H-pyrrole nitrogens is 1. The lowest BCUT2D eigenvalue weighted by atomic mass is 10.1. The van der Waals surface area contributed by atoms with Gasteiger partial charge in [-0.25, -0.2) is 0 Å². The monoisotopic (exact) mass is 415 g/mol. The number of anilines is 1. The van der Waals surface area contributed by atoms with Crippen molar-refractivity contribution in [3.63, 3.8) is 0 Å². The molecule has 0 bridgehead atoms. The standard InChI is InChI=1S/C18H14BrN3O4/c19-10-6-13-16-14(7-10)26-9-12(22(16)18(25)17(24)21-13)8-15(23)20-11-4-2-1-3-5-11/h1-7,12H,8-9H2,(H,20,23)(H,21,24). The van der Waals surface area contributed by atoms with Gasteiger partial charge in [0.25, 0.3) is 0 Å². The normalized spacial score (nSPS) is 15.5. The van der Waals surface area contributed by atoms with Gasteiger partial charge in [-0.05, 0) is 24.3 Å². The molecule has 4 rings (SSSR count). The number of aromatic amines is 1. The highest BCUT2D eigenvalue weighted by molar-refractivity contribution is 9.10. The average molecular weight is 416 g/mol. The average Bonchev–Trinajstić information content (AvgIpc) is 2.61. The largest absolute Gasteiger partial charge is 0.489 e. The van der Waals surface area contributed by atoms with Gasteiger partial charge in [-0.3, -0.25) is 19.0 Å². The van der Waals surface area contributed by atoms with Crippen molar-refractivity contribution in [3.05, 3.63) is 67.6 Å². The van der Waals surface area contributed by atoms with Crippen LogP contribution in [0.2, 0.25) is 0 Å². The summed E-state index contributed by atoms with van der Waals surface area (Å²) in [5.41, 5.74) is 0.217. The van der Waals surface area contributed by atoms with Crippen molar-refractivity contribution < 1.29 is 9.53 Å². The first-order valence-corrected chi connectivity index (χ1v) is 8.78. The molecule has 1 unspecified atom stereocenters. The zero-order chi connectivity index (χ0) is 18.3. The fourth-order valence-electron chi connectivity index (χ4n) is 3.12. The van der Waals surface area contributed by atoms with Crippen LogP contribution in [-0.4, -0.2) is 22.1 Å². The highest BCUT2D eigenvalue weighted by atomic mass is 79.9. The van der Waals surface area contributed by atoms with Crippen molar-refractivity contribution in [1.82, 2.24) is 9.55 Å². The summed E-state index contributed by atoms with van der Waals surface area (Å²) in [4.78, 5) is 39.4. The van der Waals surface area contributed by atoms with Crippen LogP contribution in [0.1, 0.15) is 12.5 Å². The minimum Gasteiger partial charge on any atom is -0.489 e. The van der Waals surface area contributed by atoms with Gasteiger partial charge in [0.05, 0.1) is 18.0 Å². The molecule has 0 saturated heterocycles. The molecule has 3 aromatic rings. The molecule has 2 aromatic carbocycles.